The van der Waals surface area contributed by atoms with Gasteiger partial charge in [0.15, 0.2) is 0 Å². The van der Waals surface area contributed by atoms with Crippen LogP contribution >= 0.6 is 0 Å². The molecule has 3 rings (SSSR count). The molecule has 1 aromatic heterocycles. The molecule has 0 aliphatic heterocycles. The molecule has 7 nitrogen and oxygen atoms in total. The number of benzene rings is 2. The molecule has 0 bridgehead atoms. The molecule has 28 heavy (non-hydrogen) atoms. The van der Waals surface area contributed by atoms with E-state index in [0.717, 1.165) is 5.39 Å². The number of aromatic amines is 1. The quantitative estimate of drug-likeness (QED) is 0.655. The Bertz CT molecular complexity index is 1040. The second-order valence-electron chi connectivity index (χ2n) is 6.12. The highest BCUT2D eigenvalue weighted by Crippen LogP contribution is 2.27. The van der Waals surface area contributed by atoms with Gasteiger partial charge in [-0.05, 0) is 42.1 Å². The largest absolute Gasteiger partial charge is 0.497 e. The molecule has 146 valence electrons. The first-order chi connectivity index (χ1) is 13.6. The van der Waals surface area contributed by atoms with Crippen molar-refractivity contribution < 1.29 is 19.0 Å². The first-order valence-electron chi connectivity index (χ1n) is 8.76. The third-order valence-corrected chi connectivity index (χ3v) is 4.46. The number of ether oxygens (including phenoxy) is 3. The summed E-state index contributed by atoms with van der Waals surface area (Å²) in [6.07, 6.45) is 0.389. The zero-order valence-electron chi connectivity index (χ0n) is 16.0. The third-order valence-electron chi connectivity index (χ3n) is 4.46. The molecule has 0 saturated heterocycles. The van der Waals surface area contributed by atoms with Crippen LogP contribution in [0.4, 0.5) is 0 Å². The summed E-state index contributed by atoms with van der Waals surface area (Å²) in [6.45, 7) is 0.296. The van der Waals surface area contributed by atoms with E-state index in [-0.39, 0.29) is 11.5 Å². The van der Waals surface area contributed by atoms with E-state index < -0.39 is 0 Å². The number of rotatable bonds is 7. The van der Waals surface area contributed by atoms with Crippen LogP contribution in [0.2, 0.25) is 0 Å². The van der Waals surface area contributed by atoms with Crippen molar-refractivity contribution in [2.24, 2.45) is 0 Å². The van der Waals surface area contributed by atoms with Gasteiger partial charge in [0.2, 0.25) is 0 Å². The molecule has 7 heteroatoms. The van der Waals surface area contributed by atoms with Gasteiger partial charge in [0.25, 0.3) is 11.5 Å². The van der Waals surface area contributed by atoms with E-state index in [1.807, 2.05) is 18.2 Å². The molecule has 0 aliphatic rings. The summed E-state index contributed by atoms with van der Waals surface area (Å²) in [7, 11) is 4.57. The zero-order valence-corrected chi connectivity index (χ0v) is 16.0. The number of fused-ring (bicyclic) bond motifs is 1. The van der Waals surface area contributed by atoms with Crippen molar-refractivity contribution in [3.63, 3.8) is 0 Å². The van der Waals surface area contributed by atoms with Gasteiger partial charge in [0.1, 0.15) is 22.8 Å². The van der Waals surface area contributed by atoms with Crippen LogP contribution in [-0.4, -0.2) is 38.8 Å². The Hall–Kier alpha value is -3.48. The van der Waals surface area contributed by atoms with Gasteiger partial charge in [-0.2, -0.15) is 0 Å². The molecule has 0 saturated carbocycles. The van der Waals surface area contributed by atoms with Crippen molar-refractivity contribution in [3.05, 3.63) is 63.9 Å². The molecular formula is C21H22N2O5. The Morgan fingerprint density at radius 3 is 2.36 bits per heavy atom. The predicted octanol–water partition coefficient (Wildman–Crippen LogP) is 2.53. The minimum absolute atomic E-state index is 0.190. The lowest BCUT2D eigenvalue weighted by Gasteiger charge is -2.13. The van der Waals surface area contributed by atoms with E-state index in [0.29, 0.717) is 46.9 Å². The maximum atomic E-state index is 12.6. The molecule has 1 heterocycles. The van der Waals surface area contributed by atoms with E-state index in [1.165, 1.54) is 14.2 Å². The summed E-state index contributed by atoms with van der Waals surface area (Å²) < 4.78 is 15.7. The first kappa shape index (κ1) is 19.3. The number of nitrogens with one attached hydrogen (secondary N) is 2. The van der Waals surface area contributed by atoms with Crippen molar-refractivity contribution in [3.8, 4) is 17.2 Å². The Balaban J connectivity index is 1.74. The van der Waals surface area contributed by atoms with Crippen LogP contribution in [0.15, 0.2) is 47.3 Å². The summed E-state index contributed by atoms with van der Waals surface area (Å²) in [5.74, 6) is 1.20. The number of H-pyrrole nitrogens is 1. The fourth-order valence-electron chi connectivity index (χ4n) is 3.01. The lowest BCUT2D eigenvalue weighted by molar-refractivity contribution is 0.0948. The van der Waals surface area contributed by atoms with Crippen molar-refractivity contribution in [1.29, 1.82) is 0 Å². The van der Waals surface area contributed by atoms with Crippen LogP contribution < -0.4 is 25.1 Å². The maximum absolute atomic E-state index is 12.6. The number of pyridine rings is 1. The van der Waals surface area contributed by atoms with Crippen molar-refractivity contribution in [1.82, 2.24) is 10.3 Å². The third kappa shape index (κ3) is 3.93. The van der Waals surface area contributed by atoms with Gasteiger partial charge in [-0.25, -0.2) is 0 Å². The molecule has 2 aromatic carbocycles. The van der Waals surface area contributed by atoms with E-state index >= 15 is 0 Å². The molecule has 0 fully saturated rings. The molecule has 1 amide bonds. The smallest absolute Gasteiger partial charge is 0.258 e. The second-order valence-corrected chi connectivity index (χ2v) is 6.12. The summed E-state index contributed by atoms with van der Waals surface area (Å²) in [5.41, 5.74) is 1.43. The van der Waals surface area contributed by atoms with Crippen LogP contribution in [0.25, 0.3) is 10.9 Å². The highest BCUT2D eigenvalue weighted by Gasteiger charge is 2.17. The van der Waals surface area contributed by atoms with Crippen LogP contribution in [-0.2, 0) is 6.42 Å². The SMILES string of the molecule is COc1ccc2cc(CCNC(=O)c3c(OC)cccc3OC)c(=O)[nH]c2c1. The number of carbonyl (C=O) groups excluding carboxylic acids is 1. The van der Waals surface area contributed by atoms with Crippen molar-refractivity contribution >= 4 is 16.8 Å². The summed E-state index contributed by atoms with van der Waals surface area (Å²) in [5, 5.41) is 3.72. The number of amides is 1. The average Bonchev–Trinajstić information content (AvgIpc) is 2.72. The highest BCUT2D eigenvalue weighted by molar-refractivity contribution is 5.99. The fourth-order valence-corrected chi connectivity index (χ4v) is 3.01. The van der Waals surface area contributed by atoms with Crippen LogP contribution in [0.1, 0.15) is 15.9 Å². The maximum Gasteiger partial charge on any atom is 0.258 e. The van der Waals surface area contributed by atoms with Gasteiger partial charge < -0.3 is 24.5 Å². The Labute approximate surface area is 162 Å². The summed E-state index contributed by atoms with van der Waals surface area (Å²) in [6, 6.07) is 12.4. The molecule has 3 aromatic rings. The minimum Gasteiger partial charge on any atom is -0.497 e. The number of hydrogen-bond acceptors (Lipinski definition) is 5. The fraction of sp³-hybridized carbons (Fsp3) is 0.238. The van der Waals surface area contributed by atoms with Gasteiger partial charge in [-0.15, -0.1) is 0 Å². The predicted molar refractivity (Wildman–Crippen MR) is 107 cm³/mol. The number of hydrogen-bond donors (Lipinski definition) is 2. The van der Waals surface area contributed by atoms with Gasteiger partial charge in [-0.1, -0.05) is 6.07 Å². The molecule has 0 radical (unpaired) electrons. The van der Waals surface area contributed by atoms with Gasteiger partial charge in [-0.3, -0.25) is 9.59 Å². The van der Waals surface area contributed by atoms with Gasteiger partial charge in [0, 0.05) is 18.2 Å². The number of carbonyl (C=O) groups is 1. The van der Waals surface area contributed by atoms with E-state index in [4.69, 9.17) is 14.2 Å². The molecule has 0 spiro atoms. The first-order valence-corrected chi connectivity index (χ1v) is 8.76. The van der Waals surface area contributed by atoms with Crippen molar-refractivity contribution in [2.75, 3.05) is 27.9 Å². The number of methoxy groups -OCH3 is 3. The minimum atomic E-state index is -0.323. The molecule has 0 unspecified atom stereocenters. The molecular weight excluding hydrogens is 360 g/mol. The number of aromatic nitrogens is 1. The normalized spacial score (nSPS) is 10.5. The second kappa shape index (κ2) is 8.47. The summed E-state index contributed by atoms with van der Waals surface area (Å²) in [4.78, 5) is 27.8. The van der Waals surface area contributed by atoms with E-state index in [9.17, 15) is 9.59 Å². The van der Waals surface area contributed by atoms with E-state index in [1.54, 1.807) is 31.4 Å². The Morgan fingerprint density at radius 2 is 1.71 bits per heavy atom. The molecule has 0 aliphatic carbocycles. The Kier molecular flexibility index (Phi) is 5.84. The molecule has 0 atom stereocenters. The van der Waals surface area contributed by atoms with Crippen LogP contribution in [0.5, 0.6) is 17.2 Å². The molecule has 2 N–H and O–H groups in total. The lowest BCUT2D eigenvalue weighted by Crippen LogP contribution is -2.28. The zero-order chi connectivity index (χ0) is 20.1. The highest BCUT2D eigenvalue weighted by atomic mass is 16.5. The average molecular weight is 382 g/mol. The van der Waals surface area contributed by atoms with Crippen LogP contribution in [0.3, 0.4) is 0 Å². The summed E-state index contributed by atoms with van der Waals surface area (Å²) >= 11 is 0. The Morgan fingerprint density at radius 1 is 1.00 bits per heavy atom. The van der Waals surface area contributed by atoms with Crippen molar-refractivity contribution in [2.45, 2.75) is 6.42 Å². The van der Waals surface area contributed by atoms with E-state index in [2.05, 4.69) is 10.3 Å². The van der Waals surface area contributed by atoms with Crippen LogP contribution in [0, 0.1) is 0 Å². The lowest BCUT2D eigenvalue weighted by atomic mass is 10.1. The topological polar surface area (TPSA) is 89.7 Å². The van der Waals surface area contributed by atoms with Gasteiger partial charge in [0.05, 0.1) is 26.8 Å². The standard InChI is InChI=1S/C21H22N2O5/c1-26-15-8-7-13-11-14(20(24)23-16(13)12-15)9-10-22-21(25)19-17(27-2)5-4-6-18(19)28-3/h4-8,11-12H,9-10H2,1-3H3,(H,22,25)(H,23,24). The van der Waals surface area contributed by atoms with Gasteiger partial charge >= 0.3 is 0 Å². The monoisotopic (exact) mass is 382 g/mol.